The van der Waals surface area contributed by atoms with Crippen LogP contribution in [0.3, 0.4) is 0 Å². The van der Waals surface area contributed by atoms with Gasteiger partial charge in [-0.25, -0.2) is 8.78 Å². The van der Waals surface area contributed by atoms with Crippen molar-refractivity contribution in [3.05, 3.63) is 62.6 Å². The summed E-state index contributed by atoms with van der Waals surface area (Å²) < 4.78 is 29.9. The lowest BCUT2D eigenvalue weighted by atomic mass is 9.75. The summed E-state index contributed by atoms with van der Waals surface area (Å²) in [5.74, 6) is -4.14. The third kappa shape index (κ3) is 3.64. The monoisotopic (exact) mass is 500 g/mol. The van der Waals surface area contributed by atoms with Crippen molar-refractivity contribution >= 4 is 17.7 Å². The number of rotatable bonds is 3. The van der Waals surface area contributed by atoms with Gasteiger partial charge < -0.3 is 25.2 Å². The number of nitrogens with one attached hydrogen (secondary N) is 2. The maximum absolute atomic E-state index is 14.2. The molecule has 5 rings (SSSR count). The van der Waals surface area contributed by atoms with Crippen molar-refractivity contribution in [2.75, 3.05) is 13.1 Å². The van der Waals surface area contributed by atoms with E-state index in [-0.39, 0.29) is 36.2 Å². The molecule has 1 aromatic heterocycles. The lowest BCUT2D eigenvalue weighted by Gasteiger charge is -2.42. The molecule has 2 saturated heterocycles. The fourth-order valence-electron chi connectivity index (χ4n) is 5.71. The molecule has 190 valence electrons. The molecular formula is C25H26F2N4O5. The Morgan fingerprint density at radius 3 is 2.58 bits per heavy atom. The van der Waals surface area contributed by atoms with Crippen molar-refractivity contribution in [1.29, 1.82) is 0 Å². The van der Waals surface area contributed by atoms with Gasteiger partial charge in [-0.2, -0.15) is 0 Å². The zero-order valence-corrected chi connectivity index (χ0v) is 19.9. The Morgan fingerprint density at radius 1 is 1.25 bits per heavy atom. The van der Waals surface area contributed by atoms with Crippen LogP contribution in [0.2, 0.25) is 0 Å². The maximum atomic E-state index is 14.2. The zero-order chi connectivity index (χ0) is 25.9. The second-order valence-corrected chi connectivity index (χ2v) is 10.0. The van der Waals surface area contributed by atoms with Gasteiger partial charge in [0.25, 0.3) is 11.8 Å². The smallest absolute Gasteiger partial charge is 0.274 e. The van der Waals surface area contributed by atoms with Crippen LogP contribution in [0.15, 0.2) is 23.1 Å². The highest BCUT2D eigenvalue weighted by Gasteiger charge is 2.52. The standard InChI is InChI=1S/C25H26F2N4O5/c1-12-5-16(26)14(17(27)6-12)8-28-23(35)15-9-31-18-10-30(24(36)20(31)22(34)21(15)33)13(2)3-4-25(18)7-19(32)29-11-25/h5-6,9,13,18,34H,3-4,7-8,10-11H2,1-2H3,(H,28,35)(H,29,32)/t13-,18+,25+/m0/s1. The fourth-order valence-corrected chi connectivity index (χ4v) is 5.71. The van der Waals surface area contributed by atoms with Crippen LogP contribution in [-0.2, 0) is 11.3 Å². The molecule has 36 heavy (non-hydrogen) atoms. The molecule has 0 unspecified atom stereocenters. The molecule has 0 aliphatic carbocycles. The Morgan fingerprint density at radius 2 is 1.94 bits per heavy atom. The van der Waals surface area contributed by atoms with E-state index in [1.165, 1.54) is 17.7 Å². The number of aromatic hydroxyl groups is 1. The number of halogens is 2. The first-order valence-electron chi connectivity index (χ1n) is 11.8. The van der Waals surface area contributed by atoms with Gasteiger partial charge in [-0.3, -0.25) is 19.2 Å². The molecule has 9 nitrogen and oxygen atoms in total. The molecule has 3 atom stereocenters. The summed E-state index contributed by atoms with van der Waals surface area (Å²) >= 11 is 0. The predicted molar refractivity (Wildman–Crippen MR) is 123 cm³/mol. The Balaban J connectivity index is 1.55. The molecule has 3 aliphatic rings. The van der Waals surface area contributed by atoms with Crippen LogP contribution in [0.5, 0.6) is 5.75 Å². The largest absolute Gasteiger partial charge is 0.503 e. The van der Waals surface area contributed by atoms with Crippen molar-refractivity contribution in [3.8, 4) is 5.75 Å². The summed E-state index contributed by atoms with van der Waals surface area (Å²) in [4.78, 5) is 53.0. The number of aromatic nitrogens is 1. The third-order valence-corrected chi connectivity index (χ3v) is 7.78. The summed E-state index contributed by atoms with van der Waals surface area (Å²) in [6.45, 7) is 3.52. The molecule has 1 aromatic carbocycles. The lowest BCUT2D eigenvalue weighted by Crippen LogP contribution is -2.50. The fraction of sp³-hybridized carbons (Fsp3) is 0.440. The average Bonchev–Trinajstić information content (AvgIpc) is 3.14. The van der Waals surface area contributed by atoms with E-state index in [2.05, 4.69) is 10.6 Å². The molecule has 11 heteroatoms. The quantitative estimate of drug-likeness (QED) is 0.593. The topological polar surface area (TPSA) is 121 Å². The minimum absolute atomic E-state index is 0.125. The van der Waals surface area contributed by atoms with E-state index < -0.39 is 58.2 Å². The summed E-state index contributed by atoms with van der Waals surface area (Å²) in [5, 5.41) is 16.0. The number of hydrogen-bond donors (Lipinski definition) is 3. The highest BCUT2D eigenvalue weighted by atomic mass is 19.1. The van der Waals surface area contributed by atoms with Crippen molar-refractivity contribution < 1.29 is 28.3 Å². The average molecular weight is 501 g/mol. The van der Waals surface area contributed by atoms with Gasteiger partial charge >= 0.3 is 0 Å². The first-order valence-corrected chi connectivity index (χ1v) is 11.8. The SMILES string of the molecule is Cc1cc(F)c(CNC(=O)c2cn3c(c(O)c2=O)C(=O)N2C[C@@H]3[C@@]3(CC[C@@H]2C)CNC(=O)C3)c(F)c1. The molecule has 0 saturated carbocycles. The molecule has 4 heterocycles. The number of carbonyl (C=O) groups excluding carboxylic acids is 3. The number of carbonyl (C=O) groups is 3. The molecule has 2 aromatic rings. The van der Waals surface area contributed by atoms with Gasteiger partial charge in [-0.1, -0.05) is 0 Å². The number of nitrogens with zero attached hydrogens (tertiary/aromatic N) is 2. The minimum atomic E-state index is -1.06. The number of hydrogen-bond acceptors (Lipinski definition) is 5. The summed E-state index contributed by atoms with van der Waals surface area (Å²) in [5.41, 5.74) is -2.30. The molecule has 1 spiro atoms. The first kappa shape index (κ1) is 24.0. The van der Waals surface area contributed by atoms with Crippen molar-refractivity contribution in [1.82, 2.24) is 20.1 Å². The van der Waals surface area contributed by atoms with E-state index in [1.807, 2.05) is 6.92 Å². The van der Waals surface area contributed by atoms with E-state index in [1.54, 1.807) is 4.90 Å². The molecule has 3 N–H and O–H groups in total. The second kappa shape index (κ2) is 8.42. The Labute approximate surface area is 205 Å². The van der Waals surface area contributed by atoms with Crippen LogP contribution in [0, 0.1) is 24.0 Å². The summed E-state index contributed by atoms with van der Waals surface area (Å²) in [6, 6.07) is 1.62. The molecule has 0 radical (unpaired) electrons. The van der Waals surface area contributed by atoms with Gasteiger partial charge in [0, 0.05) is 49.3 Å². The van der Waals surface area contributed by atoms with Crippen molar-refractivity contribution in [3.63, 3.8) is 0 Å². The van der Waals surface area contributed by atoms with Gasteiger partial charge in [-0.15, -0.1) is 0 Å². The summed E-state index contributed by atoms with van der Waals surface area (Å²) in [7, 11) is 0. The van der Waals surface area contributed by atoms with Crippen LogP contribution in [0.1, 0.15) is 64.2 Å². The molecule has 3 amide bonds. The van der Waals surface area contributed by atoms with Crippen LogP contribution in [0.25, 0.3) is 0 Å². The first-order chi connectivity index (χ1) is 17.0. The normalized spacial score (nSPS) is 24.9. The number of amides is 3. The van der Waals surface area contributed by atoms with E-state index in [9.17, 15) is 33.1 Å². The lowest BCUT2D eigenvalue weighted by molar-refractivity contribution is -0.119. The van der Waals surface area contributed by atoms with Gasteiger partial charge in [0.05, 0.1) is 6.04 Å². The zero-order valence-electron chi connectivity index (χ0n) is 19.9. The van der Waals surface area contributed by atoms with Crippen LogP contribution in [0.4, 0.5) is 8.78 Å². The second-order valence-electron chi connectivity index (χ2n) is 10.0. The van der Waals surface area contributed by atoms with Crippen LogP contribution in [-0.4, -0.2) is 51.4 Å². The van der Waals surface area contributed by atoms with E-state index in [4.69, 9.17) is 0 Å². The number of benzene rings is 1. The Kier molecular flexibility index (Phi) is 5.60. The van der Waals surface area contributed by atoms with Gasteiger partial charge in [-0.05, 0) is 44.4 Å². The maximum Gasteiger partial charge on any atom is 0.274 e. The molecule has 2 fully saturated rings. The molecule has 2 bridgehead atoms. The Bertz CT molecular complexity index is 1350. The van der Waals surface area contributed by atoms with Crippen molar-refractivity contribution in [2.24, 2.45) is 5.41 Å². The van der Waals surface area contributed by atoms with E-state index >= 15 is 0 Å². The highest BCUT2D eigenvalue weighted by Crippen LogP contribution is 2.48. The van der Waals surface area contributed by atoms with E-state index in [0.717, 1.165) is 12.1 Å². The van der Waals surface area contributed by atoms with Gasteiger partial charge in [0.1, 0.15) is 17.2 Å². The van der Waals surface area contributed by atoms with Crippen molar-refractivity contribution in [2.45, 2.75) is 51.7 Å². The number of fused-ring (bicyclic) bond motifs is 5. The Hall–Kier alpha value is -3.76. The van der Waals surface area contributed by atoms with Crippen LogP contribution >= 0.6 is 0 Å². The molecule has 3 aliphatic heterocycles. The van der Waals surface area contributed by atoms with E-state index in [0.29, 0.717) is 24.9 Å². The predicted octanol–water partition coefficient (Wildman–Crippen LogP) is 1.76. The summed E-state index contributed by atoms with van der Waals surface area (Å²) in [6.07, 6.45) is 2.69. The van der Waals surface area contributed by atoms with Gasteiger partial charge in [0.15, 0.2) is 11.4 Å². The van der Waals surface area contributed by atoms with Crippen LogP contribution < -0.4 is 16.1 Å². The molecular weight excluding hydrogens is 474 g/mol. The van der Waals surface area contributed by atoms with Gasteiger partial charge in [0.2, 0.25) is 11.3 Å². The number of pyridine rings is 1. The number of aryl methyl sites for hydroxylation is 1. The third-order valence-electron chi connectivity index (χ3n) is 7.78. The minimum Gasteiger partial charge on any atom is -0.503 e. The highest BCUT2D eigenvalue weighted by molar-refractivity contribution is 5.99.